The maximum Gasteiger partial charge on any atom is 0.223 e. The van der Waals surface area contributed by atoms with Crippen LogP contribution in [0.5, 0.6) is 0 Å². The molecule has 1 heterocycles. The number of aryl methyl sites for hydroxylation is 1. The number of hydrogen-bond acceptors (Lipinski definition) is 2. The first-order valence-corrected chi connectivity index (χ1v) is 6.79. The van der Waals surface area contributed by atoms with Crippen LogP contribution in [0.3, 0.4) is 0 Å². The molecule has 0 saturated heterocycles. The average Bonchev–Trinajstić information content (AvgIpc) is 2.59. The van der Waals surface area contributed by atoms with Crippen LogP contribution in [0.15, 0.2) is 0 Å². The maximum atomic E-state index is 11.8. The summed E-state index contributed by atoms with van der Waals surface area (Å²) in [4.78, 5) is 11.8. The first kappa shape index (κ1) is 14.7. The fourth-order valence-corrected chi connectivity index (χ4v) is 2.09. The average molecular weight is 251 g/mol. The van der Waals surface area contributed by atoms with E-state index >= 15 is 0 Å². The van der Waals surface area contributed by atoms with Crippen LogP contribution in [-0.2, 0) is 11.3 Å². The Morgan fingerprint density at radius 3 is 2.33 bits per heavy atom. The molecule has 0 bridgehead atoms. The second-order valence-electron chi connectivity index (χ2n) is 4.82. The zero-order valence-corrected chi connectivity index (χ0v) is 12.2. The van der Waals surface area contributed by atoms with Crippen molar-refractivity contribution < 1.29 is 4.79 Å². The van der Waals surface area contributed by atoms with E-state index in [-0.39, 0.29) is 11.8 Å². The third-order valence-electron chi connectivity index (χ3n) is 3.72. The van der Waals surface area contributed by atoms with Crippen LogP contribution in [0, 0.1) is 26.7 Å². The molecule has 0 aromatic carbocycles. The number of rotatable bonds is 6. The van der Waals surface area contributed by atoms with Crippen LogP contribution < -0.4 is 5.32 Å². The van der Waals surface area contributed by atoms with Gasteiger partial charge in [-0.1, -0.05) is 13.8 Å². The summed E-state index contributed by atoms with van der Waals surface area (Å²) in [7, 11) is 0. The van der Waals surface area contributed by atoms with Gasteiger partial charge in [0, 0.05) is 18.2 Å². The number of carbonyl (C=O) groups excluding carboxylic acids is 1. The first-order valence-electron chi connectivity index (χ1n) is 6.79. The molecule has 1 N–H and O–H groups in total. The summed E-state index contributed by atoms with van der Waals surface area (Å²) in [6.07, 6.45) is 1.81. The Morgan fingerprint density at radius 2 is 1.89 bits per heavy atom. The molecule has 0 unspecified atom stereocenters. The van der Waals surface area contributed by atoms with E-state index in [2.05, 4.69) is 38.1 Å². The zero-order valence-electron chi connectivity index (χ0n) is 12.2. The molecule has 0 aliphatic rings. The van der Waals surface area contributed by atoms with Gasteiger partial charge in [0.15, 0.2) is 0 Å². The van der Waals surface area contributed by atoms with Gasteiger partial charge in [-0.25, -0.2) is 0 Å². The van der Waals surface area contributed by atoms with E-state index in [0.29, 0.717) is 6.54 Å². The van der Waals surface area contributed by atoms with Crippen LogP contribution in [-0.4, -0.2) is 22.2 Å². The van der Waals surface area contributed by atoms with Crippen LogP contribution in [0.2, 0.25) is 0 Å². The van der Waals surface area contributed by atoms with E-state index in [1.165, 1.54) is 11.3 Å². The van der Waals surface area contributed by atoms with Gasteiger partial charge in [-0.3, -0.25) is 9.48 Å². The highest BCUT2D eigenvalue weighted by Gasteiger charge is 2.13. The number of amides is 1. The molecule has 0 spiro atoms. The molecule has 1 aromatic heterocycles. The SMILES string of the molecule is CCC(CC)C(=O)NCCn1nc(C)c(C)c1C. The number of aromatic nitrogens is 2. The number of hydrogen-bond donors (Lipinski definition) is 1. The Morgan fingerprint density at radius 1 is 1.28 bits per heavy atom. The Labute approximate surface area is 110 Å². The van der Waals surface area contributed by atoms with Gasteiger partial charge in [0.1, 0.15) is 0 Å². The summed E-state index contributed by atoms with van der Waals surface area (Å²) in [5.74, 6) is 0.311. The van der Waals surface area contributed by atoms with Gasteiger partial charge < -0.3 is 5.32 Å². The molecular formula is C14H25N3O. The van der Waals surface area contributed by atoms with E-state index in [0.717, 1.165) is 25.1 Å². The summed E-state index contributed by atoms with van der Waals surface area (Å²) in [5, 5.41) is 7.45. The molecule has 0 aliphatic carbocycles. The molecule has 4 nitrogen and oxygen atoms in total. The predicted molar refractivity (Wildman–Crippen MR) is 73.5 cm³/mol. The van der Waals surface area contributed by atoms with Crippen molar-refractivity contribution in [1.82, 2.24) is 15.1 Å². The molecule has 102 valence electrons. The lowest BCUT2D eigenvalue weighted by atomic mass is 10.0. The number of nitrogens with zero attached hydrogens (tertiary/aromatic N) is 2. The highest BCUT2D eigenvalue weighted by atomic mass is 16.1. The van der Waals surface area contributed by atoms with Gasteiger partial charge in [0.05, 0.1) is 12.2 Å². The van der Waals surface area contributed by atoms with Crippen molar-refractivity contribution in [3.63, 3.8) is 0 Å². The highest BCUT2D eigenvalue weighted by Crippen LogP contribution is 2.10. The van der Waals surface area contributed by atoms with Gasteiger partial charge in [-0.2, -0.15) is 5.10 Å². The molecule has 18 heavy (non-hydrogen) atoms. The molecule has 1 rings (SSSR count). The van der Waals surface area contributed by atoms with E-state index < -0.39 is 0 Å². The lowest BCUT2D eigenvalue weighted by molar-refractivity contribution is -0.125. The molecule has 1 aromatic rings. The minimum atomic E-state index is 0.146. The molecule has 4 heteroatoms. The van der Waals surface area contributed by atoms with Gasteiger partial charge >= 0.3 is 0 Å². The fourth-order valence-electron chi connectivity index (χ4n) is 2.09. The second kappa shape index (κ2) is 6.57. The van der Waals surface area contributed by atoms with Crippen molar-refractivity contribution in [3.8, 4) is 0 Å². The van der Waals surface area contributed by atoms with E-state index in [9.17, 15) is 4.79 Å². The maximum absolute atomic E-state index is 11.8. The van der Waals surface area contributed by atoms with Gasteiger partial charge in [-0.15, -0.1) is 0 Å². The molecule has 0 saturated carbocycles. The Hall–Kier alpha value is -1.32. The number of carbonyl (C=O) groups is 1. The molecule has 0 aliphatic heterocycles. The van der Waals surface area contributed by atoms with E-state index in [1.807, 2.05) is 11.6 Å². The van der Waals surface area contributed by atoms with Crippen molar-refractivity contribution in [2.45, 2.75) is 54.0 Å². The van der Waals surface area contributed by atoms with Crippen molar-refractivity contribution >= 4 is 5.91 Å². The fraction of sp³-hybridized carbons (Fsp3) is 0.714. The molecular weight excluding hydrogens is 226 g/mol. The first-order chi connectivity index (χ1) is 8.51. The third kappa shape index (κ3) is 3.34. The van der Waals surface area contributed by atoms with Crippen LogP contribution in [0.4, 0.5) is 0 Å². The van der Waals surface area contributed by atoms with Crippen LogP contribution >= 0.6 is 0 Å². The summed E-state index contributed by atoms with van der Waals surface area (Å²) in [6.45, 7) is 11.7. The van der Waals surface area contributed by atoms with Gasteiger partial charge in [-0.05, 0) is 39.2 Å². The molecule has 0 radical (unpaired) electrons. The quantitative estimate of drug-likeness (QED) is 0.843. The van der Waals surface area contributed by atoms with Crippen molar-refractivity contribution in [2.75, 3.05) is 6.54 Å². The number of nitrogens with one attached hydrogen (secondary N) is 1. The second-order valence-corrected chi connectivity index (χ2v) is 4.82. The van der Waals surface area contributed by atoms with Crippen LogP contribution in [0.1, 0.15) is 43.6 Å². The summed E-state index contributed by atoms with van der Waals surface area (Å²) in [5.41, 5.74) is 3.49. The van der Waals surface area contributed by atoms with Crippen molar-refractivity contribution in [3.05, 3.63) is 17.0 Å². The van der Waals surface area contributed by atoms with E-state index in [1.54, 1.807) is 0 Å². The highest BCUT2D eigenvalue weighted by molar-refractivity contribution is 5.78. The zero-order chi connectivity index (χ0) is 13.7. The third-order valence-corrected chi connectivity index (χ3v) is 3.72. The van der Waals surface area contributed by atoms with Gasteiger partial charge in [0.2, 0.25) is 5.91 Å². The van der Waals surface area contributed by atoms with E-state index in [4.69, 9.17) is 0 Å². The normalized spacial score (nSPS) is 11.0. The lowest BCUT2D eigenvalue weighted by Crippen LogP contribution is -2.32. The largest absolute Gasteiger partial charge is 0.354 e. The lowest BCUT2D eigenvalue weighted by Gasteiger charge is -2.13. The van der Waals surface area contributed by atoms with Crippen molar-refractivity contribution in [1.29, 1.82) is 0 Å². The van der Waals surface area contributed by atoms with Crippen molar-refractivity contribution in [2.24, 2.45) is 5.92 Å². The Kier molecular flexibility index (Phi) is 5.38. The topological polar surface area (TPSA) is 46.9 Å². The summed E-state index contributed by atoms with van der Waals surface area (Å²) < 4.78 is 1.97. The Balaban J connectivity index is 2.47. The molecule has 0 atom stereocenters. The van der Waals surface area contributed by atoms with Gasteiger partial charge in [0.25, 0.3) is 0 Å². The standard InChI is InChI=1S/C14H25N3O/c1-6-13(7-2)14(18)15-8-9-17-12(5)10(3)11(4)16-17/h13H,6-9H2,1-5H3,(H,15,18). The summed E-state index contributed by atoms with van der Waals surface area (Å²) in [6, 6.07) is 0. The minimum absolute atomic E-state index is 0.146. The summed E-state index contributed by atoms with van der Waals surface area (Å²) >= 11 is 0. The monoisotopic (exact) mass is 251 g/mol. The smallest absolute Gasteiger partial charge is 0.223 e. The Bertz CT molecular complexity index is 405. The predicted octanol–water partition coefficient (Wildman–Crippen LogP) is 2.36. The molecule has 1 amide bonds. The molecule has 0 fully saturated rings. The van der Waals surface area contributed by atoms with Crippen LogP contribution in [0.25, 0.3) is 0 Å². The minimum Gasteiger partial charge on any atom is -0.354 e.